The summed E-state index contributed by atoms with van der Waals surface area (Å²) >= 11 is 0. The molecule has 19 heavy (non-hydrogen) atoms. The third-order valence-electron chi connectivity index (χ3n) is 3.87. The zero-order valence-electron chi connectivity index (χ0n) is 11.2. The van der Waals surface area contributed by atoms with E-state index in [9.17, 15) is 0 Å². The minimum absolute atomic E-state index is 0.399. The van der Waals surface area contributed by atoms with Crippen LogP contribution in [0.15, 0.2) is 30.5 Å². The van der Waals surface area contributed by atoms with E-state index in [1.54, 1.807) is 7.11 Å². The predicted octanol–water partition coefficient (Wildman–Crippen LogP) is 2.26. The van der Waals surface area contributed by atoms with Gasteiger partial charge < -0.3 is 10.5 Å². The van der Waals surface area contributed by atoms with Gasteiger partial charge in [0.05, 0.1) is 19.0 Å². The van der Waals surface area contributed by atoms with Crippen molar-refractivity contribution < 1.29 is 4.74 Å². The van der Waals surface area contributed by atoms with Gasteiger partial charge >= 0.3 is 0 Å². The molecule has 0 bridgehead atoms. The molecule has 1 heterocycles. The number of ether oxygens (including phenoxy) is 1. The van der Waals surface area contributed by atoms with Crippen molar-refractivity contribution in [3.05, 3.63) is 41.7 Å². The number of hydrogen-bond donors (Lipinski definition) is 1. The standard InChI is InChI=1S/C15H19N3O/c1-19-14-8-3-2-7-13(14)18-15-11(9-16)5-4-6-12(15)10-17-18/h2-3,7-8,10-11H,4-6,9,16H2,1H3. The number of aromatic nitrogens is 2. The van der Waals surface area contributed by atoms with E-state index < -0.39 is 0 Å². The summed E-state index contributed by atoms with van der Waals surface area (Å²) in [5.74, 6) is 1.24. The first-order chi connectivity index (χ1) is 9.35. The molecule has 0 saturated heterocycles. The maximum atomic E-state index is 5.92. The lowest BCUT2D eigenvalue weighted by Gasteiger charge is -2.23. The summed E-state index contributed by atoms with van der Waals surface area (Å²) in [6.07, 6.45) is 5.42. The van der Waals surface area contributed by atoms with Gasteiger partial charge in [-0.25, -0.2) is 4.68 Å². The fourth-order valence-corrected chi connectivity index (χ4v) is 2.92. The van der Waals surface area contributed by atoms with E-state index >= 15 is 0 Å². The Balaban J connectivity index is 2.14. The van der Waals surface area contributed by atoms with Crippen molar-refractivity contribution in [2.75, 3.05) is 13.7 Å². The second-order valence-electron chi connectivity index (χ2n) is 4.96. The maximum Gasteiger partial charge on any atom is 0.144 e. The van der Waals surface area contributed by atoms with Crippen LogP contribution in [0.5, 0.6) is 5.75 Å². The van der Waals surface area contributed by atoms with Gasteiger partial charge in [-0.2, -0.15) is 5.10 Å². The summed E-state index contributed by atoms with van der Waals surface area (Å²) in [6.45, 7) is 0.674. The average molecular weight is 257 g/mol. The summed E-state index contributed by atoms with van der Waals surface area (Å²) in [5.41, 5.74) is 9.50. The van der Waals surface area contributed by atoms with Crippen LogP contribution in [-0.4, -0.2) is 23.4 Å². The monoisotopic (exact) mass is 257 g/mol. The van der Waals surface area contributed by atoms with Crippen LogP contribution in [0.25, 0.3) is 5.69 Å². The first kappa shape index (κ1) is 12.2. The molecular weight excluding hydrogens is 238 g/mol. The van der Waals surface area contributed by atoms with E-state index in [1.165, 1.54) is 17.7 Å². The molecule has 1 unspecified atom stereocenters. The van der Waals surface area contributed by atoms with Crippen LogP contribution in [0.2, 0.25) is 0 Å². The summed E-state index contributed by atoms with van der Waals surface area (Å²) < 4.78 is 7.44. The molecule has 1 aromatic carbocycles. The van der Waals surface area contributed by atoms with Crippen molar-refractivity contribution in [3.8, 4) is 11.4 Å². The Kier molecular flexibility index (Phi) is 3.25. The van der Waals surface area contributed by atoms with Crippen molar-refractivity contribution in [1.29, 1.82) is 0 Å². The summed E-state index contributed by atoms with van der Waals surface area (Å²) in [7, 11) is 1.69. The Hall–Kier alpha value is -1.81. The Morgan fingerprint density at radius 3 is 3.05 bits per heavy atom. The number of para-hydroxylation sites is 2. The molecule has 2 N–H and O–H groups in total. The van der Waals surface area contributed by atoms with Crippen molar-refractivity contribution in [3.63, 3.8) is 0 Å². The van der Waals surface area contributed by atoms with Crippen LogP contribution in [0, 0.1) is 0 Å². The van der Waals surface area contributed by atoms with Gasteiger partial charge in [-0.05, 0) is 37.0 Å². The molecule has 0 radical (unpaired) electrons. The molecule has 0 fully saturated rings. The van der Waals surface area contributed by atoms with Gasteiger partial charge in [0.15, 0.2) is 0 Å². The molecule has 1 aliphatic rings. The molecule has 0 aliphatic heterocycles. The van der Waals surface area contributed by atoms with Gasteiger partial charge in [0, 0.05) is 12.5 Å². The largest absolute Gasteiger partial charge is 0.494 e. The topological polar surface area (TPSA) is 53.1 Å². The number of fused-ring (bicyclic) bond motifs is 1. The van der Waals surface area contributed by atoms with E-state index in [2.05, 4.69) is 5.10 Å². The van der Waals surface area contributed by atoms with E-state index in [4.69, 9.17) is 10.5 Å². The molecule has 100 valence electrons. The number of nitrogens with two attached hydrogens (primary N) is 1. The van der Waals surface area contributed by atoms with Gasteiger partial charge in [0.1, 0.15) is 11.4 Å². The maximum absolute atomic E-state index is 5.92. The van der Waals surface area contributed by atoms with Crippen molar-refractivity contribution in [2.45, 2.75) is 25.2 Å². The molecule has 0 amide bonds. The number of benzene rings is 1. The minimum Gasteiger partial charge on any atom is -0.494 e. The van der Waals surface area contributed by atoms with Crippen LogP contribution in [0.1, 0.15) is 30.0 Å². The van der Waals surface area contributed by atoms with E-state index in [1.807, 2.05) is 35.1 Å². The summed E-state index contributed by atoms with van der Waals surface area (Å²) in [4.78, 5) is 0. The Bertz CT molecular complexity index is 577. The lowest BCUT2D eigenvalue weighted by atomic mass is 9.88. The zero-order valence-corrected chi connectivity index (χ0v) is 11.2. The number of aryl methyl sites for hydroxylation is 1. The smallest absolute Gasteiger partial charge is 0.144 e. The summed E-state index contributed by atoms with van der Waals surface area (Å²) in [5, 5.41) is 4.56. The lowest BCUT2D eigenvalue weighted by molar-refractivity contribution is 0.410. The van der Waals surface area contributed by atoms with Crippen LogP contribution in [-0.2, 0) is 6.42 Å². The second-order valence-corrected chi connectivity index (χ2v) is 4.96. The van der Waals surface area contributed by atoms with Crippen LogP contribution in [0.4, 0.5) is 0 Å². The number of hydrogen-bond acceptors (Lipinski definition) is 3. The molecular formula is C15H19N3O. The van der Waals surface area contributed by atoms with Gasteiger partial charge in [0.25, 0.3) is 0 Å². The highest BCUT2D eigenvalue weighted by molar-refractivity contribution is 5.48. The molecule has 0 spiro atoms. The van der Waals surface area contributed by atoms with E-state index in [0.29, 0.717) is 12.5 Å². The van der Waals surface area contributed by atoms with Crippen molar-refractivity contribution >= 4 is 0 Å². The van der Waals surface area contributed by atoms with E-state index in [-0.39, 0.29) is 0 Å². The molecule has 4 heteroatoms. The normalized spacial score (nSPS) is 18.1. The Morgan fingerprint density at radius 2 is 2.26 bits per heavy atom. The molecule has 4 nitrogen and oxygen atoms in total. The van der Waals surface area contributed by atoms with Crippen LogP contribution in [0.3, 0.4) is 0 Å². The van der Waals surface area contributed by atoms with Crippen LogP contribution < -0.4 is 10.5 Å². The second kappa shape index (κ2) is 5.05. The Labute approximate surface area is 113 Å². The van der Waals surface area contributed by atoms with Gasteiger partial charge in [-0.15, -0.1) is 0 Å². The number of nitrogens with zero attached hydrogens (tertiary/aromatic N) is 2. The summed E-state index contributed by atoms with van der Waals surface area (Å²) in [6, 6.07) is 7.98. The molecule has 0 saturated carbocycles. The highest BCUT2D eigenvalue weighted by Crippen LogP contribution is 2.34. The molecule has 1 atom stereocenters. The zero-order chi connectivity index (χ0) is 13.2. The molecule has 1 aromatic heterocycles. The fraction of sp³-hybridized carbons (Fsp3) is 0.400. The van der Waals surface area contributed by atoms with Crippen LogP contribution >= 0.6 is 0 Å². The number of rotatable bonds is 3. The predicted molar refractivity (Wildman–Crippen MR) is 74.8 cm³/mol. The molecule has 2 aromatic rings. The number of methoxy groups -OCH3 is 1. The van der Waals surface area contributed by atoms with Gasteiger partial charge in [-0.1, -0.05) is 12.1 Å². The lowest BCUT2D eigenvalue weighted by Crippen LogP contribution is -2.21. The third kappa shape index (κ3) is 2.02. The van der Waals surface area contributed by atoms with Crippen molar-refractivity contribution in [2.24, 2.45) is 5.73 Å². The molecule has 3 rings (SSSR count). The molecule has 1 aliphatic carbocycles. The Morgan fingerprint density at radius 1 is 1.42 bits per heavy atom. The van der Waals surface area contributed by atoms with E-state index in [0.717, 1.165) is 24.3 Å². The minimum atomic E-state index is 0.399. The van der Waals surface area contributed by atoms with Gasteiger partial charge in [-0.3, -0.25) is 0 Å². The third-order valence-corrected chi connectivity index (χ3v) is 3.87. The fourth-order valence-electron chi connectivity index (χ4n) is 2.92. The van der Waals surface area contributed by atoms with Crippen molar-refractivity contribution in [1.82, 2.24) is 9.78 Å². The SMILES string of the molecule is COc1ccccc1-n1ncc2c1C(CN)CCC2. The first-order valence-electron chi connectivity index (χ1n) is 6.75. The van der Waals surface area contributed by atoms with Gasteiger partial charge in [0.2, 0.25) is 0 Å². The highest BCUT2D eigenvalue weighted by Gasteiger charge is 2.25. The first-order valence-corrected chi connectivity index (χ1v) is 6.75. The quantitative estimate of drug-likeness (QED) is 0.917. The highest BCUT2D eigenvalue weighted by atomic mass is 16.5. The average Bonchev–Trinajstić information content (AvgIpc) is 2.91.